The quantitative estimate of drug-likeness (QED) is 0.681. The van der Waals surface area contributed by atoms with Crippen LogP contribution in [0.5, 0.6) is 11.5 Å². The fourth-order valence-corrected chi connectivity index (χ4v) is 2.67. The number of ether oxygens (including phenoxy) is 2. The van der Waals surface area contributed by atoms with Crippen LogP contribution in [0.2, 0.25) is 0 Å². The van der Waals surface area contributed by atoms with E-state index >= 15 is 0 Å². The Balaban J connectivity index is 1.78. The number of hydrogen-bond acceptors (Lipinski definition) is 3. The lowest BCUT2D eigenvalue weighted by Gasteiger charge is -2.18. The minimum Gasteiger partial charge on any atom is -0.491 e. The number of nitrogens with one attached hydrogen (secondary N) is 2. The molecule has 0 saturated heterocycles. The third kappa shape index (κ3) is 6.56. The first-order valence-electron chi connectivity index (χ1n) is 8.88. The number of aryl methyl sites for hydroxylation is 2. The molecule has 2 N–H and O–H groups in total. The van der Waals surface area contributed by atoms with Crippen molar-refractivity contribution in [3.05, 3.63) is 53.6 Å². The minimum atomic E-state index is 0.0835. The highest BCUT2D eigenvalue weighted by atomic mass is 32.1. The number of rotatable bonds is 7. The molecule has 4 nitrogen and oxygen atoms in total. The largest absolute Gasteiger partial charge is 0.491 e. The average molecular weight is 373 g/mol. The summed E-state index contributed by atoms with van der Waals surface area (Å²) in [4.78, 5) is 0. The van der Waals surface area contributed by atoms with Crippen LogP contribution in [0, 0.1) is 13.8 Å². The Morgan fingerprint density at radius 3 is 2.23 bits per heavy atom. The van der Waals surface area contributed by atoms with Gasteiger partial charge in [-0.2, -0.15) is 0 Å². The molecule has 2 rings (SSSR count). The van der Waals surface area contributed by atoms with Crippen molar-refractivity contribution in [2.75, 3.05) is 11.9 Å². The van der Waals surface area contributed by atoms with Gasteiger partial charge in [-0.25, -0.2) is 0 Å². The zero-order valence-corrected chi connectivity index (χ0v) is 16.9. The molecule has 0 heterocycles. The van der Waals surface area contributed by atoms with Crippen molar-refractivity contribution >= 4 is 23.0 Å². The van der Waals surface area contributed by atoms with Crippen molar-refractivity contribution in [3.8, 4) is 11.5 Å². The maximum Gasteiger partial charge on any atom is 0.171 e. The third-order valence-corrected chi connectivity index (χ3v) is 4.06. The molecule has 0 bridgehead atoms. The summed E-state index contributed by atoms with van der Waals surface area (Å²) in [5.74, 6) is 1.72. The maximum absolute atomic E-state index is 5.84. The highest BCUT2D eigenvalue weighted by Gasteiger charge is 2.07. The zero-order valence-electron chi connectivity index (χ0n) is 16.1. The Hall–Kier alpha value is -2.27. The standard InChI is InChI=1S/C21H28N2O2S/c1-14(2)25-19-10-7-18(8-11-19)23-21(26)22-17(5)13-24-20-9-6-15(3)16(4)12-20/h6-12,14,17H,13H2,1-5H3,(H2,22,23,26)/t17-/m1/s1. The molecule has 0 amide bonds. The Labute approximate surface area is 161 Å². The summed E-state index contributed by atoms with van der Waals surface area (Å²) in [5, 5.41) is 6.98. The molecule has 0 aliphatic heterocycles. The average Bonchev–Trinajstić information content (AvgIpc) is 2.57. The molecule has 140 valence electrons. The molecule has 2 aromatic rings. The Kier molecular flexibility index (Phi) is 7.27. The summed E-state index contributed by atoms with van der Waals surface area (Å²) >= 11 is 5.37. The molecule has 0 fully saturated rings. The van der Waals surface area contributed by atoms with Crippen molar-refractivity contribution in [2.45, 2.75) is 46.8 Å². The molecule has 2 aromatic carbocycles. The number of benzene rings is 2. The Morgan fingerprint density at radius 2 is 1.62 bits per heavy atom. The molecule has 0 spiro atoms. The van der Waals surface area contributed by atoms with Gasteiger partial charge >= 0.3 is 0 Å². The zero-order chi connectivity index (χ0) is 19.1. The molecule has 1 atom stereocenters. The van der Waals surface area contributed by atoms with Crippen molar-refractivity contribution < 1.29 is 9.47 Å². The van der Waals surface area contributed by atoms with E-state index in [2.05, 4.69) is 36.6 Å². The topological polar surface area (TPSA) is 42.5 Å². The molecule has 0 radical (unpaired) electrons. The van der Waals surface area contributed by atoms with Crippen molar-refractivity contribution in [1.82, 2.24) is 5.32 Å². The first kappa shape index (κ1) is 20.0. The van der Waals surface area contributed by atoms with Crippen LogP contribution < -0.4 is 20.1 Å². The highest BCUT2D eigenvalue weighted by Crippen LogP contribution is 2.18. The van der Waals surface area contributed by atoms with Crippen LogP contribution in [0.3, 0.4) is 0 Å². The van der Waals surface area contributed by atoms with E-state index < -0.39 is 0 Å². The number of anilines is 1. The molecule has 0 aromatic heterocycles. The normalized spacial score (nSPS) is 11.8. The fourth-order valence-electron chi connectivity index (χ4n) is 2.35. The van der Waals surface area contributed by atoms with Gasteiger partial charge in [-0.3, -0.25) is 0 Å². The van der Waals surface area contributed by atoms with Gasteiger partial charge in [0, 0.05) is 5.69 Å². The van der Waals surface area contributed by atoms with Gasteiger partial charge in [0.15, 0.2) is 5.11 Å². The van der Waals surface area contributed by atoms with E-state index in [1.165, 1.54) is 11.1 Å². The maximum atomic E-state index is 5.84. The third-order valence-electron chi connectivity index (χ3n) is 3.84. The molecule has 0 aliphatic carbocycles. The molecule has 0 unspecified atom stereocenters. The first-order valence-corrected chi connectivity index (χ1v) is 9.28. The summed E-state index contributed by atoms with van der Waals surface area (Å²) in [7, 11) is 0. The summed E-state index contributed by atoms with van der Waals surface area (Å²) < 4.78 is 11.5. The van der Waals surface area contributed by atoms with E-state index in [1.54, 1.807) is 0 Å². The lowest BCUT2D eigenvalue weighted by molar-refractivity contribution is 0.242. The van der Waals surface area contributed by atoms with E-state index in [0.717, 1.165) is 17.2 Å². The van der Waals surface area contributed by atoms with Crippen molar-refractivity contribution in [1.29, 1.82) is 0 Å². The summed E-state index contributed by atoms with van der Waals surface area (Å²) in [6, 6.07) is 14.0. The smallest absolute Gasteiger partial charge is 0.171 e. The molecule has 26 heavy (non-hydrogen) atoms. The second-order valence-electron chi connectivity index (χ2n) is 6.75. The molecular formula is C21H28N2O2S. The monoisotopic (exact) mass is 372 g/mol. The van der Waals surface area contributed by atoms with Gasteiger partial charge in [0.1, 0.15) is 18.1 Å². The van der Waals surface area contributed by atoms with E-state index in [0.29, 0.717) is 11.7 Å². The van der Waals surface area contributed by atoms with E-state index in [9.17, 15) is 0 Å². The molecule has 5 heteroatoms. The van der Waals surface area contributed by atoms with Gasteiger partial charge in [-0.05, 0) is 94.4 Å². The molecule has 0 saturated carbocycles. The van der Waals surface area contributed by atoms with Crippen LogP contribution in [-0.2, 0) is 0 Å². The van der Waals surface area contributed by atoms with Gasteiger partial charge in [0.05, 0.1) is 12.1 Å². The van der Waals surface area contributed by atoms with Gasteiger partial charge in [0.2, 0.25) is 0 Å². The summed E-state index contributed by atoms with van der Waals surface area (Å²) in [5.41, 5.74) is 3.41. The Morgan fingerprint density at radius 1 is 0.962 bits per heavy atom. The van der Waals surface area contributed by atoms with Crippen LogP contribution in [0.4, 0.5) is 5.69 Å². The number of hydrogen-bond donors (Lipinski definition) is 2. The Bertz CT molecular complexity index is 729. The summed E-state index contributed by atoms with van der Waals surface area (Å²) in [6.07, 6.45) is 0.162. The van der Waals surface area contributed by atoms with Crippen LogP contribution in [-0.4, -0.2) is 23.9 Å². The second kappa shape index (κ2) is 9.43. The van der Waals surface area contributed by atoms with Gasteiger partial charge in [-0.15, -0.1) is 0 Å². The first-order chi connectivity index (χ1) is 12.3. The number of thiocarbonyl (C=S) groups is 1. The lowest BCUT2D eigenvalue weighted by atomic mass is 10.1. The predicted octanol–water partition coefficient (Wildman–Crippen LogP) is 4.84. The van der Waals surface area contributed by atoms with E-state index in [-0.39, 0.29) is 12.1 Å². The summed E-state index contributed by atoms with van der Waals surface area (Å²) in [6.45, 7) is 10.8. The van der Waals surface area contributed by atoms with Crippen LogP contribution in [0.1, 0.15) is 31.9 Å². The van der Waals surface area contributed by atoms with Crippen LogP contribution >= 0.6 is 12.2 Å². The van der Waals surface area contributed by atoms with Crippen LogP contribution in [0.25, 0.3) is 0 Å². The van der Waals surface area contributed by atoms with Crippen molar-refractivity contribution in [2.24, 2.45) is 0 Å². The highest BCUT2D eigenvalue weighted by molar-refractivity contribution is 7.80. The van der Waals surface area contributed by atoms with Crippen molar-refractivity contribution in [3.63, 3.8) is 0 Å². The van der Waals surface area contributed by atoms with Gasteiger partial charge in [0.25, 0.3) is 0 Å². The lowest BCUT2D eigenvalue weighted by Crippen LogP contribution is -2.39. The van der Waals surface area contributed by atoms with Crippen LogP contribution in [0.15, 0.2) is 42.5 Å². The van der Waals surface area contributed by atoms with E-state index in [4.69, 9.17) is 21.7 Å². The predicted molar refractivity (Wildman–Crippen MR) is 112 cm³/mol. The second-order valence-corrected chi connectivity index (χ2v) is 7.16. The molecular weight excluding hydrogens is 344 g/mol. The minimum absolute atomic E-state index is 0.0835. The van der Waals surface area contributed by atoms with E-state index in [1.807, 2.05) is 51.1 Å². The molecule has 0 aliphatic rings. The SMILES string of the molecule is Cc1ccc(OC[C@@H](C)NC(=S)Nc2ccc(OC(C)C)cc2)cc1C. The van der Waals surface area contributed by atoms with Gasteiger partial charge in [-0.1, -0.05) is 6.07 Å². The van der Waals surface area contributed by atoms with Gasteiger partial charge < -0.3 is 20.1 Å². The fraction of sp³-hybridized carbons (Fsp3) is 0.381.